The molecular weight excluding hydrogens is 226 g/mol. The van der Waals surface area contributed by atoms with Gasteiger partial charge in [-0.25, -0.2) is 0 Å². The predicted octanol–water partition coefficient (Wildman–Crippen LogP) is 2.25. The van der Waals surface area contributed by atoms with Gasteiger partial charge in [0.15, 0.2) is 0 Å². The maximum Gasteiger partial charge on any atom is 0.127 e. The van der Waals surface area contributed by atoms with E-state index < -0.39 is 0 Å². The largest absolute Gasteiger partial charge is 0.381 e. The van der Waals surface area contributed by atoms with E-state index in [1.807, 2.05) is 0 Å². The Labute approximate surface area is 110 Å². The van der Waals surface area contributed by atoms with Gasteiger partial charge in [0.05, 0.1) is 0 Å². The van der Waals surface area contributed by atoms with E-state index in [9.17, 15) is 4.79 Å². The molecule has 3 fully saturated rings. The zero-order valence-corrected chi connectivity index (χ0v) is 11.3. The molecule has 0 aromatic rings. The second-order valence-electron chi connectivity index (χ2n) is 6.46. The number of hydrogen-bond donors (Lipinski definition) is 0. The van der Waals surface area contributed by atoms with Gasteiger partial charge in [-0.2, -0.15) is 0 Å². The van der Waals surface area contributed by atoms with E-state index >= 15 is 0 Å². The van der Waals surface area contributed by atoms with Crippen molar-refractivity contribution in [2.24, 2.45) is 11.3 Å². The fourth-order valence-corrected chi connectivity index (χ4v) is 4.19. The van der Waals surface area contributed by atoms with Crippen molar-refractivity contribution >= 4 is 6.29 Å². The Hall–Kier alpha value is -0.410. The highest BCUT2D eigenvalue weighted by atomic mass is 16.5. The first kappa shape index (κ1) is 12.6. The molecular formula is C15H25NO2. The smallest absolute Gasteiger partial charge is 0.127 e. The van der Waals surface area contributed by atoms with E-state index in [0.29, 0.717) is 0 Å². The van der Waals surface area contributed by atoms with Crippen LogP contribution >= 0.6 is 0 Å². The first-order valence-electron chi connectivity index (χ1n) is 7.61. The highest BCUT2D eigenvalue weighted by Crippen LogP contribution is 2.39. The minimum Gasteiger partial charge on any atom is -0.381 e. The highest BCUT2D eigenvalue weighted by molar-refractivity contribution is 5.60. The molecule has 18 heavy (non-hydrogen) atoms. The lowest BCUT2D eigenvalue weighted by Crippen LogP contribution is -2.45. The molecule has 3 heteroatoms. The van der Waals surface area contributed by atoms with Crippen LogP contribution in [0.3, 0.4) is 0 Å². The maximum absolute atomic E-state index is 11.5. The van der Waals surface area contributed by atoms with Crippen molar-refractivity contribution in [3.63, 3.8) is 0 Å². The molecule has 0 amide bonds. The molecule has 2 atom stereocenters. The second-order valence-corrected chi connectivity index (χ2v) is 6.46. The van der Waals surface area contributed by atoms with Crippen molar-refractivity contribution in [1.29, 1.82) is 0 Å². The van der Waals surface area contributed by atoms with E-state index in [-0.39, 0.29) is 5.41 Å². The number of likely N-dealkylation sites (tertiary alicyclic amines) is 1. The van der Waals surface area contributed by atoms with Crippen LogP contribution in [0.2, 0.25) is 0 Å². The van der Waals surface area contributed by atoms with Gasteiger partial charge in [0, 0.05) is 31.2 Å². The predicted molar refractivity (Wildman–Crippen MR) is 70.5 cm³/mol. The molecule has 2 unspecified atom stereocenters. The number of rotatable bonds is 3. The van der Waals surface area contributed by atoms with E-state index in [1.165, 1.54) is 44.9 Å². The molecule has 1 aliphatic carbocycles. The van der Waals surface area contributed by atoms with Crippen LogP contribution < -0.4 is 0 Å². The average molecular weight is 251 g/mol. The number of fused-ring (bicyclic) bond motifs is 1. The summed E-state index contributed by atoms with van der Waals surface area (Å²) >= 11 is 0. The molecule has 0 aromatic carbocycles. The Morgan fingerprint density at radius 3 is 2.72 bits per heavy atom. The zero-order valence-electron chi connectivity index (χ0n) is 11.3. The number of aldehydes is 1. The fourth-order valence-electron chi connectivity index (χ4n) is 4.19. The summed E-state index contributed by atoms with van der Waals surface area (Å²) in [6.45, 7) is 3.73. The molecule has 0 aromatic heterocycles. The Bertz CT molecular complexity index is 299. The molecule has 3 nitrogen and oxygen atoms in total. The number of carbonyl (C=O) groups excluding carboxylic acids is 1. The van der Waals surface area contributed by atoms with Crippen LogP contribution in [0.15, 0.2) is 0 Å². The van der Waals surface area contributed by atoms with Crippen molar-refractivity contribution < 1.29 is 9.53 Å². The van der Waals surface area contributed by atoms with E-state index in [2.05, 4.69) is 4.90 Å². The Morgan fingerprint density at radius 2 is 1.94 bits per heavy atom. The Kier molecular flexibility index (Phi) is 3.71. The molecule has 102 valence electrons. The third-order valence-electron chi connectivity index (χ3n) is 5.38. The van der Waals surface area contributed by atoms with Crippen molar-refractivity contribution in [3.8, 4) is 0 Å². The molecule has 1 saturated carbocycles. The van der Waals surface area contributed by atoms with Gasteiger partial charge in [-0.1, -0.05) is 12.8 Å². The van der Waals surface area contributed by atoms with Crippen LogP contribution in [0.4, 0.5) is 0 Å². The molecule has 0 bridgehead atoms. The van der Waals surface area contributed by atoms with E-state index in [4.69, 9.17) is 4.74 Å². The minimum atomic E-state index is -0.107. The molecule has 2 saturated heterocycles. The molecule has 3 aliphatic rings. The van der Waals surface area contributed by atoms with Crippen molar-refractivity contribution in [2.75, 3.05) is 26.3 Å². The topological polar surface area (TPSA) is 29.5 Å². The lowest BCUT2D eigenvalue weighted by Gasteiger charge is -2.39. The molecule has 0 radical (unpaired) electrons. The first-order valence-corrected chi connectivity index (χ1v) is 7.61. The quantitative estimate of drug-likeness (QED) is 0.721. The molecule has 2 heterocycles. The van der Waals surface area contributed by atoms with Crippen LogP contribution in [0.25, 0.3) is 0 Å². The van der Waals surface area contributed by atoms with Gasteiger partial charge >= 0.3 is 0 Å². The standard InChI is InChI=1S/C15H25NO2/c17-12-15(6-9-18-10-7-15)11-16-8-5-13-3-1-2-4-14(13)16/h12-14H,1-11H2. The average Bonchev–Trinajstić information content (AvgIpc) is 2.83. The second kappa shape index (κ2) is 5.30. The summed E-state index contributed by atoms with van der Waals surface area (Å²) in [6.07, 6.45) is 10.0. The minimum absolute atomic E-state index is 0.107. The fraction of sp³-hybridized carbons (Fsp3) is 0.933. The van der Waals surface area contributed by atoms with Gasteiger partial charge in [0.2, 0.25) is 0 Å². The van der Waals surface area contributed by atoms with Gasteiger partial charge in [0.1, 0.15) is 6.29 Å². The lowest BCUT2D eigenvalue weighted by atomic mass is 9.80. The first-order chi connectivity index (χ1) is 8.83. The van der Waals surface area contributed by atoms with E-state index in [1.54, 1.807) is 0 Å². The summed E-state index contributed by atoms with van der Waals surface area (Å²) in [7, 11) is 0. The Morgan fingerprint density at radius 1 is 1.17 bits per heavy atom. The van der Waals surface area contributed by atoms with Crippen LogP contribution in [-0.4, -0.2) is 43.5 Å². The monoisotopic (exact) mass is 251 g/mol. The summed E-state index contributed by atoms with van der Waals surface area (Å²) < 4.78 is 5.42. The molecule has 0 spiro atoms. The van der Waals surface area contributed by atoms with Gasteiger partial charge in [-0.3, -0.25) is 4.90 Å². The van der Waals surface area contributed by atoms with E-state index in [0.717, 1.165) is 44.6 Å². The Balaban J connectivity index is 1.65. The summed E-state index contributed by atoms with van der Waals surface area (Å²) in [5.74, 6) is 0.919. The number of nitrogens with zero attached hydrogens (tertiary/aromatic N) is 1. The number of ether oxygens (including phenoxy) is 1. The SMILES string of the molecule is O=CC1(CN2CCC3CCCCC32)CCOCC1. The third kappa shape index (κ3) is 2.35. The van der Waals surface area contributed by atoms with Gasteiger partial charge < -0.3 is 9.53 Å². The van der Waals surface area contributed by atoms with Crippen LogP contribution in [-0.2, 0) is 9.53 Å². The van der Waals surface area contributed by atoms with Crippen molar-refractivity contribution in [2.45, 2.75) is 51.0 Å². The third-order valence-corrected chi connectivity index (χ3v) is 5.38. The molecule has 2 aliphatic heterocycles. The van der Waals surface area contributed by atoms with Crippen molar-refractivity contribution in [1.82, 2.24) is 4.90 Å². The number of hydrogen-bond acceptors (Lipinski definition) is 3. The van der Waals surface area contributed by atoms with Crippen LogP contribution in [0.1, 0.15) is 44.9 Å². The van der Waals surface area contributed by atoms with Gasteiger partial charge in [0.25, 0.3) is 0 Å². The summed E-state index contributed by atoms with van der Waals surface area (Å²) in [6, 6.07) is 0.776. The highest BCUT2D eigenvalue weighted by Gasteiger charge is 2.41. The summed E-state index contributed by atoms with van der Waals surface area (Å²) in [5, 5.41) is 0. The van der Waals surface area contributed by atoms with Crippen LogP contribution in [0.5, 0.6) is 0 Å². The molecule has 0 N–H and O–H groups in total. The lowest BCUT2D eigenvalue weighted by molar-refractivity contribution is -0.123. The maximum atomic E-state index is 11.5. The molecule has 3 rings (SSSR count). The summed E-state index contributed by atoms with van der Waals surface area (Å²) in [4.78, 5) is 14.2. The number of carbonyl (C=O) groups is 1. The van der Waals surface area contributed by atoms with Gasteiger partial charge in [-0.05, 0) is 44.6 Å². The zero-order chi connectivity index (χ0) is 12.4. The summed E-state index contributed by atoms with van der Waals surface area (Å²) in [5.41, 5.74) is -0.107. The van der Waals surface area contributed by atoms with Gasteiger partial charge in [-0.15, -0.1) is 0 Å². The van der Waals surface area contributed by atoms with Crippen molar-refractivity contribution in [3.05, 3.63) is 0 Å². The normalized spacial score (nSPS) is 36.2. The van der Waals surface area contributed by atoms with Crippen LogP contribution in [0, 0.1) is 11.3 Å².